The monoisotopic (exact) mass is 671 g/mol. The Labute approximate surface area is 251 Å². The number of nitrogens with one attached hydrogen (secondary N) is 1. The zero-order chi connectivity index (χ0) is 33.1. The first kappa shape index (κ1) is 32.9. The molecule has 3 heterocycles. The van der Waals surface area contributed by atoms with Crippen LogP contribution in [0.15, 0.2) is 36.4 Å². The molecule has 2 aliphatic heterocycles. The lowest BCUT2D eigenvalue weighted by molar-refractivity contribution is -0.143. The van der Waals surface area contributed by atoms with Gasteiger partial charge in [0.1, 0.15) is 5.25 Å². The van der Waals surface area contributed by atoms with Crippen molar-refractivity contribution in [3.63, 3.8) is 0 Å². The molecule has 0 saturated carbocycles. The fraction of sp³-hybridized carbons (Fsp3) is 0.500. The average Bonchev–Trinajstić information content (AvgIpc) is 3.44. The van der Waals surface area contributed by atoms with Gasteiger partial charge in [0.15, 0.2) is 0 Å². The fourth-order valence-corrected chi connectivity index (χ4v) is 7.42. The molecule has 0 radical (unpaired) electrons. The lowest BCUT2D eigenvalue weighted by Gasteiger charge is -2.47. The van der Waals surface area contributed by atoms with E-state index in [2.05, 4.69) is 20.1 Å². The van der Waals surface area contributed by atoms with Crippen molar-refractivity contribution in [1.82, 2.24) is 29.8 Å². The van der Waals surface area contributed by atoms with E-state index >= 15 is 0 Å². The van der Waals surface area contributed by atoms with Gasteiger partial charge in [-0.25, -0.2) is 13.1 Å². The summed E-state index contributed by atoms with van der Waals surface area (Å²) in [5, 5.41) is 10.8. The number of rotatable bonds is 8. The summed E-state index contributed by atoms with van der Waals surface area (Å²) in [5.74, 6) is -0.255. The van der Waals surface area contributed by atoms with Crippen molar-refractivity contribution in [2.24, 2.45) is 7.05 Å². The van der Waals surface area contributed by atoms with Gasteiger partial charge in [-0.15, -0.1) is 5.10 Å². The Kier molecular flexibility index (Phi) is 8.35. The summed E-state index contributed by atoms with van der Waals surface area (Å²) in [4.78, 5) is 3.96. The van der Waals surface area contributed by atoms with Gasteiger partial charge in [0.25, 0.3) is 5.95 Å². The van der Waals surface area contributed by atoms with Gasteiger partial charge in [-0.1, -0.05) is 18.1 Å². The molecule has 246 valence electrons. The minimum Gasteiger partial charge on any atom is -0.330 e. The van der Waals surface area contributed by atoms with E-state index in [1.54, 1.807) is 6.92 Å². The Morgan fingerprint density at radius 1 is 0.933 bits per heavy atom. The Morgan fingerprint density at radius 2 is 1.56 bits per heavy atom. The quantitative estimate of drug-likeness (QED) is 0.340. The van der Waals surface area contributed by atoms with E-state index in [-0.39, 0.29) is 30.7 Å². The molecule has 9 nitrogen and oxygen atoms in total. The van der Waals surface area contributed by atoms with Gasteiger partial charge < -0.3 is 4.90 Å². The van der Waals surface area contributed by atoms with Crippen LogP contribution in [0.5, 0.6) is 0 Å². The number of sulfonamides is 1. The van der Waals surface area contributed by atoms with E-state index in [1.807, 2.05) is 4.90 Å². The predicted molar refractivity (Wildman–Crippen MR) is 141 cm³/mol. The number of hydrogen-bond donors (Lipinski definition) is 1. The first-order chi connectivity index (χ1) is 20.8. The Bertz CT molecular complexity index is 1640. The van der Waals surface area contributed by atoms with Crippen LogP contribution in [0, 0.1) is 0 Å². The summed E-state index contributed by atoms with van der Waals surface area (Å²) in [6.07, 6.45) is -14.7. The van der Waals surface area contributed by atoms with E-state index in [0.717, 1.165) is 21.8 Å². The first-order valence-electron chi connectivity index (χ1n) is 13.5. The van der Waals surface area contributed by atoms with Crippen molar-refractivity contribution >= 4 is 16.0 Å². The highest BCUT2D eigenvalue weighted by atomic mass is 32.2. The van der Waals surface area contributed by atoms with Crippen molar-refractivity contribution in [1.29, 1.82) is 0 Å². The molecule has 2 saturated heterocycles. The summed E-state index contributed by atoms with van der Waals surface area (Å²) < 4.78 is 150. The summed E-state index contributed by atoms with van der Waals surface area (Å²) in [5.41, 5.74) is -4.17. The number of nitrogens with zero attached hydrogens (tertiary/aromatic N) is 6. The molecule has 0 aliphatic carbocycles. The molecule has 2 aliphatic rings. The number of benzene rings is 2. The maximum Gasteiger partial charge on any atom is 0.416 e. The third-order valence-electron chi connectivity index (χ3n) is 7.92. The predicted octanol–water partition coefficient (Wildman–Crippen LogP) is 4.91. The molecule has 1 unspecified atom stereocenters. The summed E-state index contributed by atoms with van der Waals surface area (Å²) in [6.45, 7) is 0.893. The number of fused-ring (bicyclic) bond motifs is 1. The Morgan fingerprint density at radius 3 is 2.07 bits per heavy atom. The zero-order valence-electron chi connectivity index (χ0n) is 23.5. The Hall–Kier alpha value is -3.45. The number of likely N-dealkylation sites (tertiary alicyclic amines) is 1. The molecule has 0 amide bonds. The topological polar surface area (TPSA) is 96.2 Å². The summed E-state index contributed by atoms with van der Waals surface area (Å²) in [7, 11) is -2.18. The van der Waals surface area contributed by atoms with Crippen LogP contribution in [0.1, 0.15) is 52.8 Å². The third kappa shape index (κ3) is 6.74. The maximum absolute atomic E-state index is 13.9. The standard InChI is InChI=1S/C26H26F9N7O2S/c1-3-20(42-13-22-21(42)10-36-45(22,43)44)19-5-4-16(24(27,28)29)8-15(19)12-41(23-37-39-40(2)38-23)11-14-6-17(25(30,31)32)9-18(7-14)26(33,34)35/h4-9,20-22,36H,3,10-13H2,1-2H3/t20?,21-,22-/m0/s1. The van der Waals surface area contributed by atoms with Crippen molar-refractivity contribution in [3.8, 4) is 0 Å². The largest absolute Gasteiger partial charge is 0.416 e. The molecule has 3 atom stereocenters. The number of alkyl halides is 9. The molecule has 1 N–H and O–H groups in total. The molecule has 2 aromatic carbocycles. The second-order valence-electron chi connectivity index (χ2n) is 10.9. The highest BCUT2D eigenvalue weighted by Gasteiger charge is 2.54. The molecule has 1 aromatic heterocycles. The van der Waals surface area contributed by atoms with Gasteiger partial charge in [0.2, 0.25) is 10.0 Å². The molecule has 0 bridgehead atoms. The maximum atomic E-state index is 13.9. The molecule has 5 rings (SSSR count). The van der Waals surface area contributed by atoms with Crippen LogP contribution in [0.25, 0.3) is 0 Å². The summed E-state index contributed by atoms with van der Waals surface area (Å²) >= 11 is 0. The number of halogens is 9. The SMILES string of the molecule is CCC(c1ccc(C(F)(F)F)cc1CN(Cc1cc(C(F)(F)F)cc(C(F)(F)F)c1)c1nnn(C)n1)N1C[C@H]2[C@@H]1CNS2(=O)=O. The molecule has 0 spiro atoms. The Balaban J connectivity index is 1.57. The van der Waals surface area contributed by atoms with Crippen LogP contribution < -0.4 is 9.62 Å². The van der Waals surface area contributed by atoms with Crippen molar-refractivity contribution < 1.29 is 47.9 Å². The minimum absolute atomic E-state index is 0.0242. The van der Waals surface area contributed by atoms with Crippen LogP contribution in [0.3, 0.4) is 0 Å². The zero-order valence-corrected chi connectivity index (χ0v) is 24.4. The van der Waals surface area contributed by atoms with Crippen LogP contribution in [0.4, 0.5) is 45.5 Å². The van der Waals surface area contributed by atoms with Gasteiger partial charge in [-0.2, -0.15) is 44.3 Å². The van der Waals surface area contributed by atoms with Crippen LogP contribution >= 0.6 is 0 Å². The number of aryl methyl sites for hydroxylation is 1. The van der Waals surface area contributed by atoms with Crippen molar-refractivity contribution in [2.45, 2.75) is 62.3 Å². The lowest BCUT2D eigenvalue weighted by Crippen LogP contribution is -2.61. The highest BCUT2D eigenvalue weighted by molar-refractivity contribution is 7.90. The first-order valence-corrected chi connectivity index (χ1v) is 15.0. The number of aromatic nitrogens is 4. The van der Waals surface area contributed by atoms with Gasteiger partial charge in [-0.05, 0) is 58.7 Å². The van der Waals surface area contributed by atoms with Gasteiger partial charge in [-0.3, -0.25) is 4.90 Å². The van der Waals surface area contributed by atoms with E-state index in [1.165, 1.54) is 13.1 Å². The molecular weight excluding hydrogens is 645 g/mol. The lowest BCUT2D eigenvalue weighted by atomic mass is 9.89. The second-order valence-corrected chi connectivity index (χ2v) is 12.9. The van der Waals surface area contributed by atoms with Crippen LogP contribution in [0.2, 0.25) is 0 Å². The molecule has 19 heteroatoms. The van der Waals surface area contributed by atoms with E-state index in [4.69, 9.17) is 0 Å². The summed E-state index contributed by atoms with van der Waals surface area (Å²) in [6, 6.07) is 3.02. The molecular formula is C26H26F9N7O2S. The van der Waals surface area contributed by atoms with E-state index < -0.39 is 81.2 Å². The van der Waals surface area contributed by atoms with Crippen LogP contribution in [-0.4, -0.2) is 57.9 Å². The number of tetrazole rings is 1. The second kappa shape index (κ2) is 11.4. The molecule has 3 aromatic rings. The van der Waals surface area contributed by atoms with Gasteiger partial charge >= 0.3 is 18.5 Å². The average molecular weight is 672 g/mol. The third-order valence-corrected chi connectivity index (χ3v) is 9.75. The number of anilines is 1. The smallest absolute Gasteiger partial charge is 0.330 e. The van der Waals surface area contributed by atoms with Gasteiger partial charge in [0, 0.05) is 38.3 Å². The minimum atomic E-state index is -5.12. The fourth-order valence-electron chi connectivity index (χ4n) is 5.77. The molecule has 45 heavy (non-hydrogen) atoms. The van der Waals surface area contributed by atoms with E-state index in [0.29, 0.717) is 24.1 Å². The van der Waals surface area contributed by atoms with Crippen molar-refractivity contribution in [3.05, 3.63) is 69.8 Å². The highest BCUT2D eigenvalue weighted by Crippen LogP contribution is 2.42. The van der Waals surface area contributed by atoms with Gasteiger partial charge in [0.05, 0.1) is 23.7 Å². The molecule has 2 fully saturated rings. The van der Waals surface area contributed by atoms with Crippen LogP contribution in [-0.2, 0) is 48.7 Å². The number of hydrogen-bond acceptors (Lipinski definition) is 7. The van der Waals surface area contributed by atoms with Crippen molar-refractivity contribution in [2.75, 3.05) is 18.0 Å². The normalized spacial score (nSPS) is 21.0. The van der Waals surface area contributed by atoms with E-state index in [9.17, 15) is 47.9 Å².